The third-order valence-electron chi connectivity index (χ3n) is 3.22. The van der Waals surface area contributed by atoms with Gasteiger partial charge in [-0.2, -0.15) is 0 Å². The zero-order valence-corrected chi connectivity index (χ0v) is 13.0. The van der Waals surface area contributed by atoms with Crippen LogP contribution in [0.4, 0.5) is 5.69 Å². The normalized spacial score (nSPS) is 22.7. The molecule has 0 saturated heterocycles. The fourth-order valence-electron chi connectivity index (χ4n) is 1.90. The molecule has 0 spiro atoms. The Balaban J connectivity index is 0.00000162. The van der Waals surface area contributed by atoms with Crippen LogP contribution in [-0.4, -0.2) is 19.1 Å². The topological polar surface area (TPSA) is 59.6 Å². The third kappa shape index (κ3) is 3.76. The van der Waals surface area contributed by atoms with Gasteiger partial charge in [-0.25, -0.2) is 4.99 Å². The molecule has 0 bridgehead atoms. The fourth-order valence-corrected chi connectivity index (χ4v) is 1.90. The van der Waals surface area contributed by atoms with Crippen LogP contribution in [0.3, 0.4) is 0 Å². The lowest BCUT2D eigenvalue weighted by molar-refractivity contribution is 0.284. The second kappa shape index (κ2) is 6.82. The lowest BCUT2D eigenvalue weighted by Crippen LogP contribution is -2.32. The molecule has 18 heavy (non-hydrogen) atoms. The Hall–Kier alpha value is -0.980. The van der Waals surface area contributed by atoms with Crippen molar-refractivity contribution in [3.63, 3.8) is 0 Å². The van der Waals surface area contributed by atoms with Crippen molar-refractivity contribution in [3.05, 3.63) is 24.3 Å². The van der Waals surface area contributed by atoms with Gasteiger partial charge in [-0.1, -0.05) is 13.0 Å². The van der Waals surface area contributed by atoms with Crippen LogP contribution >= 0.6 is 24.0 Å². The minimum Gasteiger partial charge on any atom is -0.497 e. The van der Waals surface area contributed by atoms with Gasteiger partial charge in [0.1, 0.15) is 5.75 Å². The molecule has 0 heterocycles. The predicted molar refractivity (Wildman–Crippen MR) is 85.8 cm³/mol. The first-order chi connectivity index (χ1) is 8.19. The predicted octanol–water partition coefficient (Wildman–Crippen LogP) is 2.84. The van der Waals surface area contributed by atoms with Gasteiger partial charge in [-0.05, 0) is 30.9 Å². The van der Waals surface area contributed by atoms with E-state index in [0.29, 0.717) is 17.9 Å². The van der Waals surface area contributed by atoms with E-state index in [1.165, 1.54) is 6.42 Å². The van der Waals surface area contributed by atoms with Crippen LogP contribution < -0.4 is 15.8 Å². The number of halogens is 1. The smallest absolute Gasteiger partial charge is 0.193 e. The first kappa shape index (κ1) is 15.1. The summed E-state index contributed by atoms with van der Waals surface area (Å²) in [5, 5.41) is 3.08. The molecule has 0 amide bonds. The number of nitrogens with two attached hydrogens (primary N) is 1. The van der Waals surface area contributed by atoms with E-state index in [0.717, 1.165) is 17.9 Å². The largest absolute Gasteiger partial charge is 0.497 e. The first-order valence-electron chi connectivity index (χ1n) is 5.93. The summed E-state index contributed by atoms with van der Waals surface area (Å²) in [5.74, 6) is 1.94. The SMILES string of the molecule is COc1cccc(NC(N)=NC2CCC2C)c1.I. The lowest BCUT2D eigenvalue weighted by atomic mass is 9.82. The lowest BCUT2D eigenvalue weighted by Gasteiger charge is -2.30. The highest BCUT2D eigenvalue weighted by molar-refractivity contribution is 14.0. The Labute approximate surface area is 125 Å². The Morgan fingerprint density at radius 2 is 2.22 bits per heavy atom. The summed E-state index contributed by atoms with van der Waals surface area (Å²) in [6.45, 7) is 2.20. The summed E-state index contributed by atoms with van der Waals surface area (Å²) >= 11 is 0. The second-order valence-corrected chi connectivity index (χ2v) is 4.49. The van der Waals surface area contributed by atoms with Gasteiger partial charge in [0.2, 0.25) is 0 Å². The number of nitrogens with zero attached hydrogens (tertiary/aromatic N) is 1. The number of benzene rings is 1. The summed E-state index contributed by atoms with van der Waals surface area (Å²) in [6, 6.07) is 8.03. The minimum atomic E-state index is 0. The van der Waals surface area contributed by atoms with Crippen molar-refractivity contribution >= 4 is 35.6 Å². The maximum Gasteiger partial charge on any atom is 0.193 e. The van der Waals surface area contributed by atoms with Gasteiger partial charge in [-0.3, -0.25) is 0 Å². The zero-order chi connectivity index (χ0) is 12.3. The number of aliphatic imine (C=N–C) groups is 1. The van der Waals surface area contributed by atoms with Crippen LogP contribution in [0, 0.1) is 5.92 Å². The number of nitrogens with one attached hydrogen (secondary N) is 1. The van der Waals surface area contributed by atoms with Gasteiger partial charge in [-0.15, -0.1) is 24.0 Å². The van der Waals surface area contributed by atoms with Crippen molar-refractivity contribution in [2.24, 2.45) is 16.6 Å². The first-order valence-corrected chi connectivity index (χ1v) is 5.93. The Kier molecular flexibility index (Phi) is 5.71. The van der Waals surface area contributed by atoms with Crippen LogP contribution in [0.25, 0.3) is 0 Å². The van der Waals surface area contributed by atoms with E-state index in [1.54, 1.807) is 7.11 Å². The molecule has 4 nitrogen and oxygen atoms in total. The van der Waals surface area contributed by atoms with Crippen molar-refractivity contribution in [2.45, 2.75) is 25.8 Å². The van der Waals surface area contributed by atoms with E-state index in [9.17, 15) is 0 Å². The van der Waals surface area contributed by atoms with E-state index in [2.05, 4.69) is 17.2 Å². The van der Waals surface area contributed by atoms with E-state index in [-0.39, 0.29) is 24.0 Å². The molecule has 1 fully saturated rings. The van der Waals surface area contributed by atoms with Gasteiger partial charge in [0, 0.05) is 11.8 Å². The maximum absolute atomic E-state index is 5.87. The fraction of sp³-hybridized carbons (Fsp3) is 0.462. The summed E-state index contributed by atoms with van der Waals surface area (Å²) in [5.41, 5.74) is 6.77. The van der Waals surface area contributed by atoms with Crippen LogP contribution in [0.5, 0.6) is 5.75 Å². The van der Waals surface area contributed by atoms with Crippen molar-refractivity contribution < 1.29 is 4.74 Å². The second-order valence-electron chi connectivity index (χ2n) is 4.49. The summed E-state index contributed by atoms with van der Waals surface area (Å²) in [7, 11) is 1.65. The number of rotatable bonds is 3. The Morgan fingerprint density at radius 3 is 2.78 bits per heavy atom. The highest BCUT2D eigenvalue weighted by atomic mass is 127. The molecule has 0 radical (unpaired) electrons. The maximum atomic E-state index is 5.87. The highest BCUT2D eigenvalue weighted by Crippen LogP contribution is 2.29. The standard InChI is InChI=1S/C13H19N3O.HI/c1-9-6-7-12(9)16-13(14)15-10-4-3-5-11(8-10)17-2;/h3-5,8-9,12H,6-7H2,1-2H3,(H3,14,15,16);1H. The molecule has 1 aliphatic rings. The van der Waals surface area contributed by atoms with Gasteiger partial charge in [0.05, 0.1) is 13.2 Å². The number of hydrogen-bond donors (Lipinski definition) is 2. The molecule has 1 aromatic rings. The molecule has 2 rings (SSSR count). The number of ether oxygens (including phenoxy) is 1. The van der Waals surface area contributed by atoms with E-state index in [1.807, 2.05) is 24.3 Å². The molecule has 0 aromatic heterocycles. The molecule has 1 aliphatic carbocycles. The quantitative estimate of drug-likeness (QED) is 0.495. The van der Waals surface area contributed by atoms with Crippen molar-refractivity contribution in [3.8, 4) is 5.75 Å². The summed E-state index contributed by atoms with van der Waals surface area (Å²) in [6.07, 6.45) is 2.39. The van der Waals surface area contributed by atoms with Crippen LogP contribution in [0.2, 0.25) is 0 Å². The molecule has 100 valence electrons. The Bertz CT molecular complexity index is 422. The molecule has 1 aromatic carbocycles. The highest BCUT2D eigenvalue weighted by Gasteiger charge is 2.26. The Morgan fingerprint density at radius 1 is 1.44 bits per heavy atom. The molecular formula is C13H20IN3O. The molecule has 0 aliphatic heterocycles. The number of methoxy groups -OCH3 is 1. The molecule has 1 saturated carbocycles. The number of hydrogen-bond acceptors (Lipinski definition) is 2. The van der Waals surface area contributed by atoms with Gasteiger partial charge < -0.3 is 15.8 Å². The average Bonchev–Trinajstić information content (AvgIpc) is 2.34. The van der Waals surface area contributed by atoms with Gasteiger partial charge >= 0.3 is 0 Å². The summed E-state index contributed by atoms with van der Waals surface area (Å²) in [4.78, 5) is 4.46. The minimum absolute atomic E-state index is 0. The van der Waals surface area contributed by atoms with Crippen molar-refractivity contribution in [1.29, 1.82) is 0 Å². The van der Waals surface area contributed by atoms with Crippen LogP contribution in [0.15, 0.2) is 29.3 Å². The number of anilines is 1. The zero-order valence-electron chi connectivity index (χ0n) is 10.7. The van der Waals surface area contributed by atoms with Gasteiger partial charge in [0.25, 0.3) is 0 Å². The molecule has 5 heteroatoms. The van der Waals surface area contributed by atoms with Crippen molar-refractivity contribution in [2.75, 3.05) is 12.4 Å². The van der Waals surface area contributed by atoms with E-state index < -0.39 is 0 Å². The summed E-state index contributed by atoms with van der Waals surface area (Å²) < 4.78 is 5.15. The number of guanidine groups is 1. The third-order valence-corrected chi connectivity index (χ3v) is 3.22. The van der Waals surface area contributed by atoms with Crippen LogP contribution in [-0.2, 0) is 0 Å². The van der Waals surface area contributed by atoms with E-state index >= 15 is 0 Å². The monoisotopic (exact) mass is 361 g/mol. The van der Waals surface area contributed by atoms with Crippen LogP contribution in [0.1, 0.15) is 19.8 Å². The molecule has 3 N–H and O–H groups in total. The molecular weight excluding hydrogens is 341 g/mol. The van der Waals surface area contributed by atoms with E-state index in [4.69, 9.17) is 10.5 Å². The molecule has 2 unspecified atom stereocenters. The van der Waals surface area contributed by atoms with Crippen molar-refractivity contribution in [1.82, 2.24) is 0 Å². The average molecular weight is 361 g/mol. The van der Waals surface area contributed by atoms with Gasteiger partial charge in [0.15, 0.2) is 5.96 Å². The molecule has 2 atom stereocenters.